The van der Waals surface area contributed by atoms with Crippen LogP contribution in [0.3, 0.4) is 0 Å². The smallest absolute Gasteiger partial charge is 0.293 e. The second-order valence-corrected chi connectivity index (χ2v) is 3.49. The molecule has 0 fully saturated rings. The van der Waals surface area contributed by atoms with Crippen LogP contribution in [0.5, 0.6) is 0 Å². The first-order valence-corrected chi connectivity index (χ1v) is 3.47. The normalized spacial score (nSPS) is 15.6. The molecule has 0 saturated heterocycles. The highest BCUT2D eigenvalue weighted by Gasteiger charge is 2.40. The average Bonchev–Trinajstić information content (AvgIpc) is 1.79. The minimum absolute atomic E-state index is 1.19. The lowest BCUT2D eigenvalue weighted by Gasteiger charge is -2.19. The van der Waals surface area contributed by atoms with Crippen molar-refractivity contribution in [1.82, 2.24) is 0 Å². The first-order valence-electron chi connectivity index (χ1n) is 3.47. The van der Waals surface area contributed by atoms with E-state index < -0.39 is 23.9 Å². The molecule has 0 N–H and O–H groups in total. The number of rotatable bonds is 2. The lowest BCUT2D eigenvalue weighted by Crippen LogP contribution is -2.35. The summed E-state index contributed by atoms with van der Waals surface area (Å²) >= 11 is 0. The van der Waals surface area contributed by atoms with Crippen molar-refractivity contribution in [3.05, 3.63) is 0 Å². The molecule has 2 nitrogen and oxygen atoms in total. The van der Waals surface area contributed by atoms with Gasteiger partial charge in [-0.3, -0.25) is 4.79 Å². The minimum atomic E-state index is -5.12. The number of carbonyl (C=O) groups excluding carboxylic acids is 1. The van der Waals surface area contributed by atoms with Crippen LogP contribution in [0.25, 0.3) is 0 Å². The fraction of sp³-hybridized carbons (Fsp3) is 0.857. The van der Waals surface area contributed by atoms with Crippen LogP contribution in [0.1, 0.15) is 20.8 Å². The lowest BCUT2D eigenvalue weighted by atomic mass is 9.91. The van der Waals surface area contributed by atoms with Crippen molar-refractivity contribution >= 4 is 5.78 Å². The Labute approximate surface area is 72.9 Å². The van der Waals surface area contributed by atoms with E-state index in [2.05, 4.69) is 4.74 Å². The van der Waals surface area contributed by atoms with Gasteiger partial charge in [-0.05, 0) is 0 Å². The third-order valence-corrected chi connectivity index (χ3v) is 1.18. The zero-order valence-electron chi connectivity index (χ0n) is 7.41. The maximum Gasteiger partial charge on any atom is 0.525 e. The summed E-state index contributed by atoms with van der Waals surface area (Å²) in [5, 5.41) is 0. The van der Waals surface area contributed by atoms with Gasteiger partial charge < -0.3 is 0 Å². The minimum Gasteiger partial charge on any atom is -0.293 e. The van der Waals surface area contributed by atoms with Crippen LogP contribution in [0.2, 0.25) is 0 Å². The Bertz CT molecular complexity index is 192. The van der Waals surface area contributed by atoms with Crippen LogP contribution >= 0.6 is 0 Å². The lowest BCUT2D eigenvalue weighted by molar-refractivity contribution is -0.353. The highest BCUT2D eigenvalue weighted by Crippen LogP contribution is 2.25. The number of hydrogen-bond acceptors (Lipinski definition) is 2. The second-order valence-electron chi connectivity index (χ2n) is 3.49. The van der Waals surface area contributed by atoms with Crippen molar-refractivity contribution in [1.29, 1.82) is 0 Å². The number of halogens is 4. The highest BCUT2D eigenvalue weighted by atomic mass is 19.4. The first kappa shape index (κ1) is 12.3. The van der Waals surface area contributed by atoms with Crippen molar-refractivity contribution < 1.29 is 27.1 Å². The summed E-state index contributed by atoms with van der Waals surface area (Å²) in [6.45, 7) is 3.92. The molecule has 0 heterocycles. The standard InChI is InChI=1S/C7H10F4O2/c1-6(2,3)4(12)5(8)13-7(9,10)11/h5H,1-3H3. The molecule has 1 atom stereocenters. The van der Waals surface area contributed by atoms with Crippen LogP contribution in [-0.2, 0) is 9.53 Å². The van der Waals surface area contributed by atoms with Gasteiger partial charge in [-0.2, -0.15) is 0 Å². The molecule has 0 aliphatic rings. The van der Waals surface area contributed by atoms with Gasteiger partial charge in [-0.25, -0.2) is 9.13 Å². The summed E-state index contributed by atoms with van der Waals surface area (Å²) < 4.78 is 49.7. The molecule has 0 aromatic carbocycles. The molecule has 0 radical (unpaired) electrons. The largest absolute Gasteiger partial charge is 0.525 e. The van der Waals surface area contributed by atoms with Gasteiger partial charge >= 0.3 is 6.36 Å². The molecule has 0 spiro atoms. The second kappa shape index (κ2) is 3.61. The molecular formula is C7H10F4O2. The topological polar surface area (TPSA) is 26.3 Å². The quantitative estimate of drug-likeness (QED) is 0.643. The molecule has 6 heteroatoms. The van der Waals surface area contributed by atoms with E-state index in [1.54, 1.807) is 0 Å². The number of alkyl halides is 4. The molecule has 0 amide bonds. The maximum absolute atomic E-state index is 12.5. The molecule has 0 aromatic rings. The molecule has 1 unspecified atom stereocenters. The zero-order valence-corrected chi connectivity index (χ0v) is 7.41. The van der Waals surface area contributed by atoms with E-state index >= 15 is 0 Å². The van der Waals surface area contributed by atoms with Crippen molar-refractivity contribution in [2.45, 2.75) is 33.5 Å². The SMILES string of the molecule is CC(C)(C)C(=O)C(F)OC(F)(F)F. The summed E-state index contributed by atoms with van der Waals surface area (Å²) in [6, 6.07) is 0. The Balaban J connectivity index is 4.30. The average molecular weight is 202 g/mol. The third-order valence-electron chi connectivity index (χ3n) is 1.18. The van der Waals surface area contributed by atoms with Crippen LogP contribution < -0.4 is 0 Å². The summed E-state index contributed by atoms with van der Waals surface area (Å²) in [5.41, 5.74) is -1.19. The Morgan fingerprint density at radius 3 is 1.85 bits per heavy atom. The Morgan fingerprint density at radius 2 is 1.62 bits per heavy atom. The Hall–Kier alpha value is -0.650. The van der Waals surface area contributed by atoms with Gasteiger partial charge in [0.05, 0.1) is 0 Å². The summed E-state index contributed by atoms with van der Waals surface area (Å²) in [7, 11) is 0. The predicted molar refractivity (Wildman–Crippen MR) is 36.5 cm³/mol. The fourth-order valence-corrected chi connectivity index (χ4v) is 0.511. The van der Waals surface area contributed by atoms with Crippen molar-refractivity contribution in [3.63, 3.8) is 0 Å². The number of ketones is 1. The fourth-order valence-electron chi connectivity index (χ4n) is 0.511. The van der Waals surface area contributed by atoms with Gasteiger partial charge in [0.25, 0.3) is 6.36 Å². The number of Topliss-reactive ketones (excluding diaryl/α,β-unsaturated/α-hetero) is 1. The third kappa shape index (κ3) is 4.82. The molecule has 0 aliphatic heterocycles. The van der Waals surface area contributed by atoms with Gasteiger partial charge in [0.2, 0.25) is 0 Å². The van der Waals surface area contributed by atoms with E-state index in [9.17, 15) is 22.4 Å². The van der Waals surface area contributed by atoms with E-state index in [1.807, 2.05) is 0 Å². The van der Waals surface area contributed by atoms with Crippen molar-refractivity contribution in [2.75, 3.05) is 0 Å². The summed E-state index contributed by atoms with van der Waals surface area (Å²) in [5.74, 6) is -1.23. The van der Waals surface area contributed by atoms with Crippen molar-refractivity contribution in [3.8, 4) is 0 Å². The Kier molecular flexibility index (Phi) is 3.43. The molecule has 0 saturated carbocycles. The maximum atomic E-state index is 12.5. The van der Waals surface area contributed by atoms with Crippen LogP contribution in [0.4, 0.5) is 17.6 Å². The van der Waals surface area contributed by atoms with Crippen LogP contribution in [-0.4, -0.2) is 18.5 Å². The monoisotopic (exact) mass is 202 g/mol. The van der Waals surface area contributed by atoms with E-state index in [0.717, 1.165) is 0 Å². The molecule has 0 bridgehead atoms. The highest BCUT2D eigenvalue weighted by molar-refractivity contribution is 5.86. The molecule has 13 heavy (non-hydrogen) atoms. The zero-order chi connectivity index (χ0) is 10.9. The molecule has 0 aromatic heterocycles. The van der Waals surface area contributed by atoms with Gasteiger partial charge in [-0.15, -0.1) is 13.2 Å². The Morgan fingerprint density at radius 1 is 1.23 bits per heavy atom. The molecule has 78 valence electrons. The molecular weight excluding hydrogens is 192 g/mol. The van der Waals surface area contributed by atoms with E-state index in [4.69, 9.17) is 0 Å². The van der Waals surface area contributed by atoms with Gasteiger partial charge in [0.15, 0.2) is 5.78 Å². The van der Waals surface area contributed by atoms with Crippen molar-refractivity contribution in [2.24, 2.45) is 5.41 Å². The van der Waals surface area contributed by atoms with Gasteiger partial charge in [0, 0.05) is 5.41 Å². The molecule has 0 rings (SSSR count). The predicted octanol–water partition coefficient (Wildman–Crippen LogP) is 2.43. The van der Waals surface area contributed by atoms with Gasteiger partial charge in [-0.1, -0.05) is 20.8 Å². The number of ether oxygens (including phenoxy) is 1. The van der Waals surface area contributed by atoms with E-state index in [-0.39, 0.29) is 0 Å². The van der Waals surface area contributed by atoms with Crippen LogP contribution in [0, 0.1) is 5.41 Å². The number of hydrogen-bond donors (Lipinski definition) is 0. The van der Waals surface area contributed by atoms with Gasteiger partial charge in [0.1, 0.15) is 0 Å². The number of carbonyl (C=O) groups is 1. The van der Waals surface area contributed by atoms with E-state index in [1.165, 1.54) is 20.8 Å². The van der Waals surface area contributed by atoms with E-state index in [0.29, 0.717) is 0 Å². The molecule has 0 aliphatic carbocycles. The summed E-state index contributed by atoms with van der Waals surface area (Å²) in [4.78, 5) is 10.8. The van der Waals surface area contributed by atoms with Crippen LogP contribution in [0.15, 0.2) is 0 Å². The first-order chi connectivity index (χ1) is 5.54. The summed E-state index contributed by atoms with van der Waals surface area (Å²) in [6.07, 6.45) is -8.07.